The van der Waals surface area contributed by atoms with Gasteiger partial charge in [0.2, 0.25) is 0 Å². The molecule has 3 rings (SSSR count). The number of hydrogen-bond acceptors (Lipinski definition) is 0. The third-order valence-corrected chi connectivity index (χ3v) is 4.27. The molecule has 0 fully saturated rings. The summed E-state index contributed by atoms with van der Waals surface area (Å²) in [5.41, 5.74) is 8.23. The molecule has 0 spiro atoms. The normalized spacial score (nSPS) is 17.0. The van der Waals surface area contributed by atoms with E-state index in [4.69, 9.17) is 0 Å². The zero-order valence-corrected chi connectivity index (χ0v) is 13.3. The van der Waals surface area contributed by atoms with E-state index in [9.17, 15) is 0 Å². The maximum Gasteiger partial charge on any atom is 0.00934 e. The van der Waals surface area contributed by atoms with Crippen LogP contribution in [0.2, 0.25) is 0 Å². The van der Waals surface area contributed by atoms with Gasteiger partial charge in [-0.25, -0.2) is 0 Å². The average Bonchev–Trinajstić information content (AvgIpc) is 2.70. The second-order valence-electron chi connectivity index (χ2n) is 6.53. The molecular weight excluding hydrogens is 252 g/mol. The van der Waals surface area contributed by atoms with E-state index in [0.717, 1.165) is 0 Å². The minimum atomic E-state index is 0.0739. The van der Waals surface area contributed by atoms with E-state index in [2.05, 4.69) is 88.4 Å². The number of benzene rings is 2. The maximum absolute atomic E-state index is 2.39. The number of hydrogen-bond donors (Lipinski definition) is 0. The fraction of sp³-hybridized carbons (Fsp3) is 0.238. The first-order chi connectivity index (χ1) is 9.99. The molecule has 0 heterocycles. The summed E-state index contributed by atoms with van der Waals surface area (Å²) in [4.78, 5) is 0. The van der Waals surface area contributed by atoms with Crippen molar-refractivity contribution in [3.8, 4) is 0 Å². The lowest BCUT2D eigenvalue weighted by Crippen LogP contribution is -2.08. The van der Waals surface area contributed by atoms with Crippen molar-refractivity contribution in [1.29, 1.82) is 0 Å². The number of aryl methyl sites for hydroxylation is 1. The van der Waals surface area contributed by atoms with Crippen molar-refractivity contribution < 1.29 is 0 Å². The van der Waals surface area contributed by atoms with Gasteiger partial charge >= 0.3 is 0 Å². The summed E-state index contributed by atoms with van der Waals surface area (Å²) < 4.78 is 0. The molecule has 0 nitrogen and oxygen atoms in total. The van der Waals surface area contributed by atoms with Crippen LogP contribution in [-0.2, 0) is 0 Å². The first-order valence-electron chi connectivity index (χ1n) is 7.56. The van der Waals surface area contributed by atoms with Crippen LogP contribution in [0.4, 0.5) is 0 Å². The van der Waals surface area contributed by atoms with Crippen molar-refractivity contribution in [3.05, 3.63) is 82.9 Å². The van der Waals surface area contributed by atoms with Crippen molar-refractivity contribution in [1.82, 2.24) is 0 Å². The minimum Gasteiger partial charge on any atom is -0.0709 e. The van der Waals surface area contributed by atoms with E-state index in [0.29, 0.717) is 0 Å². The Labute approximate surface area is 127 Å². The van der Waals surface area contributed by atoms with E-state index < -0.39 is 0 Å². The van der Waals surface area contributed by atoms with E-state index in [1.54, 1.807) is 0 Å². The molecular formula is C21H22. The molecule has 0 saturated heterocycles. The molecule has 0 atom stereocenters. The molecule has 0 aromatic heterocycles. The highest BCUT2D eigenvalue weighted by atomic mass is 14.4. The smallest absolute Gasteiger partial charge is 0.00934 e. The molecule has 0 bridgehead atoms. The fourth-order valence-corrected chi connectivity index (χ4v) is 3.42. The molecule has 0 N–H and O–H groups in total. The molecule has 21 heavy (non-hydrogen) atoms. The van der Waals surface area contributed by atoms with Crippen LogP contribution in [-0.4, -0.2) is 0 Å². The van der Waals surface area contributed by atoms with E-state index >= 15 is 0 Å². The zero-order valence-electron chi connectivity index (χ0n) is 13.3. The molecule has 2 aromatic rings. The standard InChI is InChI=1S/C21H22/c1-15-10-12-18(13-11-15)20-19(16(2)14-21(20,3)4)17-8-6-5-7-9-17/h5-14H,1-4H3. The molecule has 106 valence electrons. The van der Waals surface area contributed by atoms with Crippen molar-refractivity contribution >= 4 is 11.1 Å². The summed E-state index contributed by atoms with van der Waals surface area (Å²) in [6.07, 6.45) is 2.39. The third kappa shape index (κ3) is 2.47. The Morgan fingerprint density at radius 1 is 0.714 bits per heavy atom. The number of rotatable bonds is 2. The molecule has 0 amide bonds. The quantitative estimate of drug-likeness (QED) is 0.640. The summed E-state index contributed by atoms with van der Waals surface area (Å²) in [5, 5.41) is 0. The van der Waals surface area contributed by atoms with Crippen molar-refractivity contribution in [2.75, 3.05) is 0 Å². The molecule has 0 saturated carbocycles. The highest BCUT2D eigenvalue weighted by Gasteiger charge is 2.32. The van der Waals surface area contributed by atoms with Crippen molar-refractivity contribution in [2.45, 2.75) is 27.7 Å². The van der Waals surface area contributed by atoms with Gasteiger partial charge in [-0.15, -0.1) is 0 Å². The average molecular weight is 274 g/mol. The highest BCUT2D eigenvalue weighted by molar-refractivity contribution is 6.03. The highest BCUT2D eigenvalue weighted by Crippen LogP contribution is 2.50. The summed E-state index contributed by atoms with van der Waals surface area (Å²) in [6, 6.07) is 19.6. The van der Waals surface area contributed by atoms with Gasteiger partial charge in [-0.2, -0.15) is 0 Å². The van der Waals surface area contributed by atoms with Gasteiger partial charge in [-0.1, -0.05) is 80.1 Å². The monoisotopic (exact) mass is 274 g/mol. The third-order valence-electron chi connectivity index (χ3n) is 4.27. The van der Waals surface area contributed by atoms with Crippen LogP contribution in [0.1, 0.15) is 37.5 Å². The van der Waals surface area contributed by atoms with Gasteiger partial charge in [0.25, 0.3) is 0 Å². The molecule has 0 unspecified atom stereocenters. The van der Waals surface area contributed by atoms with Gasteiger partial charge in [0.15, 0.2) is 0 Å². The molecule has 2 aromatic carbocycles. The second-order valence-corrected chi connectivity index (χ2v) is 6.53. The first kappa shape index (κ1) is 13.9. The first-order valence-corrected chi connectivity index (χ1v) is 7.56. The van der Waals surface area contributed by atoms with Gasteiger partial charge in [-0.3, -0.25) is 0 Å². The Morgan fingerprint density at radius 2 is 1.33 bits per heavy atom. The minimum absolute atomic E-state index is 0.0739. The summed E-state index contributed by atoms with van der Waals surface area (Å²) >= 11 is 0. The van der Waals surface area contributed by atoms with Gasteiger partial charge in [0.05, 0.1) is 0 Å². The predicted molar refractivity (Wildman–Crippen MR) is 92.0 cm³/mol. The van der Waals surface area contributed by atoms with Crippen LogP contribution in [0.5, 0.6) is 0 Å². The van der Waals surface area contributed by atoms with Gasteiger partial charge in [-0.05, 0) is 41.7 Å². The van der Waals surface area contributed by atoms with Gasteiger partial charge in [0, 0.05) is 5.41 Å². The summed E-state index contributed by atoms with van der Waals surface area (Å²) in [6.45, 7) is 8.98. The molecule has 1 aliphatic rings. The second kappa shape index (κ2) is 5.04. The summed E-state index contributed by atoms with van der Waals surface area (Å²) in [7, 11) is 0. The Morgan fingerprint density at radius 3 is 1.95 bits per heavy atom. The van der Waals surface area contributed by atoms with Crippen molar-refractivity contribution in [2.24, 2.45) is 5.41 Å². The van der Waals surface area contributed by atoms with Gasteiger partial charge < -0.3 is 0 Å². The lowest BCUT2D eigenvalue weighted by Gasteiger charge is -2.23. The molecule has 1 aliphatic carbocycles. The topological polar surface area (TPSA) is 0 Å². The molecule has 0 heteroatoms. The Balaban J connectivity index is 2.25. The van der Waals surface area contributed by atoms with Crippen LogP contribution in [0.3, 0.4) is 0 Å². The predicted octanol–water partition coefficient (Wildman–Crippen LogP) is 5.89. The number of allylic oxidation sites excluding steroid dienone is 4. The van der Waals surface area contributed by atoms with Gasteiger partial charge in [0.1, 0.15) is 0 Å². The van der Waals surface area contributed by atoms with Crippen LogP contribution in [0, 0.1) is 12.3 Å². The Hall–Kier alpha value is -2.08. The maximum atomic E-state index is 2.39. The van der Waals surface area contributed by atoms with Crippen LogP contribution in [0.25, 0.3) is 11.1 Å². The SMILES string of the molecule is CC1=CC(C)(C)C(c2ccc(C)cc2)=C1c1ccccc1. The van der Waals surface area contributed by atoms with Crippen LogP contribution < -0.4 is 0 Å². The molecule has 0 aliphatic heterocycles. The largest absolute Gasteiger partial charge is 0.0709 e. The van der Waals surface area contributed by atoms with E-state index in [-0.39, 0.29) is 5.41 Å². The summed E-state index contributed by atoms with van der Waals surface area (Å²) in [5.74, 6) is 0. The van der Waals surface area contributed by atoms with Crippen LogP contribution in [0.15, 0.2) is 66.2 Å². The van der Waals surface area contributed by atoms with E-state index in [1.165, 1.54) is 33.4 Å². The Kier molecular flexibility index (Phi) is 3.33. The molecule has 0 radical (unpaired) electrons. The fourth-order valence-electron chi connectivity index (χ4n) is 3.42. The lowest BCUT2D eigenvalue weighted by atomic mass is 9.80. The van der Waals surface area contributed by atoms with E-state index in [1.807, 2.05) is 0 Å². The van der Waals surface area contributed by atoms with Crippen LogP contribution >= 0.6 is 0 Å². The Bertz CT molecular complexity index is 710. The van der Waals surface area contributed by atoms with Crippen molar-refractivity contribution in [3.63, 3.8) is 0 Å². The lowest BCUT2D eigenvalue weighted by molar-refractivity contribution is 0.657. The zero-order chi connectivity index (χ0) is 15.0.